The van der Waals surface area contributed by atoms with Crippen LogP contribution >= 0.6 is 31.9 Å². The monoisotopic (exact) mass is 411 g/mol. The Morgan fingerprint density at radius 1 is 1.05 bits per heavy atom. The first-order valence-electron chi connectivity index (χ1n) is 6.95. The maximum Gasteiger partial charge on any atom is 0.133 e. The Hall–Kier alpha value is -0.840. The molecular weight excluding hydrogens is 394 g/mol. The van der Waals surface area contributed by atoms with Gasteiger partial charge in [0.2, 0.25) is 0 Å². The van der Waals surface area contributed by atoms with Gasteiger partial charge < -0.3 is 10.1 Å². The molecule has 0 spiro atoms. The van der Waals surface area contributed by atoms with Gasteiger partial charge >= 0.3 is 0 Å². The fourth-order valence-electron chi connectivity index (χ4n) is 2.12. The van der Waals surface area contributed by atoms with Gasteiger partial charge in [0.1, 0.15) is 11.5 Å². The highest BCUT2D eigenvalue weighted by atomic mass is 79.9. The van der Waals surface area contributed by atoms with Gasteiger partial charge in [0.25, 0.3) is 0 Å². The van der Waals surface area contributed by atoms with Crippen LogP contribution in [0.1, 0.15) is 23.6 Å². The van der Waals surface area contributed by atoms with Gasteiger partial charge in [0.15, 0.2) is 0 Å². The van der Waals surface area contributed by atoms with Crippen molar-refractivity contribution in [2.45, 2.75) is 27.3 Å². The molecule has 0 aliphatic rings. The molecule has 0 saturated carbocycles. The molecule has 112 valence electrons. The lowest BCUT2D eigenvalue weighted by atomic mass is 10.1. The van der Waals surface area contributed by atoms with Crippen LogP contribution in [0.25, 0.3) is 0 Å². The third-order valence-electron chi connectivity index (χ3n) is 3.23. The second kappa shape index (κ2) is 7.43. The van der Waals surface area contributed by atoms with Crippen molar-refractivity contribution in [3.8, 4) is 11.5 Å². The number of benzene rings is 2. The molecule has 4 heteroatoms. The first kappa shape index (κ1) is 16.5. The third kappa shape index (κ3) is 4.31. The van der Waals surface area contributed by atoms with Crippen molar-refractivity contribution in [2.75, 3.05) is 6.54 Å². The van der Waals surface area contributed by atoms with E-state index in [1.807, 2.05) is 12.1 Å². The van der Waals surface area contributed by atoms with Gasteiger partial charge in [-0.25, -0.2) is 0 Å². The lowest BCUT2D eigenvalue weighted by Crippen LogP contribution is -2.12. The van der Waals surface area contributed by atoms with E-state index in [0.29, 0.717) is 0 Å². The van der Waals surface area contributed by atoms with Crippen molar-refractivity contribution >= 4 is 31.9 Å². The van der Waals surface area contributed by atoms with Gasteiger partial charge in [-0.05, 0) is 55.8 Å². The highest BCUT2D eigenvalue weighted by molar-refractivity contribution is 9.10. The van der Waals surface area contributed by atoms with E-state index in [9.17, 15) is 0 Å². The molecule has 0 radical (unpaired) electrons. The van der Waals surface area contributed by atoms with Crippen molar-refractivity contribution in [1.29, 1.82) is 0 Å². The number of nitrogens with one attached hydrogen (secondary N) is 1. The zero-order chi connectivity index (χ0) is 15.4. The quantitative estimate of drug-likeness (QED) is 0.676. The molecule has 0 aliphatic heterocycles. The summed E-state index contributed by atoms with van der Waals surface area (Å²) < 4.78 is 8.27. The van der Waals surface area contributed by atoms with Crippen LogP contribution < -0.4 is 10.1 Å². The van der Waals surface area contributed by atoms with Gasteiger partial charge in [-0.2, -0.15) is 0 Å². The summed E-state index contributed by atoms with van der Waals surface area (Å²) in [4.78, 5) is 0. The molecule has 0 heterocycles. The zero-order valence-corrected chi connectivity index (χ0v) is 15.6. The maximum absolute atomic E-state index is 6.11. The standard InChI is InChI=1S/C17H19Br2NO/c1-4-20-10-13-5-6-14(18)9-16(13)21-15-7-11(2)17(19)12(3)8-15/h5-9,20H,4,10H2,1-3H3. The first-order valence-corrected chi connectivity index (χ1v) is 8.53. The van der Waals surface area contributed by atoms with Gasteiger partial charge in [0, 0.05) is 21.1 Å². The van der Waals surface area contributed by atoms with Crippen LogP contribution in [-0.2, 0) is 6.54 Å². The molecule has 2 aromatic carbocycles. The molecule has 2 aromatic rings. The van der Waals surface area contributed by atoms with E-state index in [1.54, 1.807) is 0 Å². The fraction of sp³-hybridized carbons (Fsp3) is 0.294. The smallest absolute Gasteiger partial charge is 0.133 e. The van der Waals surface area contributed by atoms with Crippen molar-refractivity contribution in [3.63, 3.8) is 0 Å². The summed E-state index contributed by atoms with van der Waals surface area (Å²) in [5.41, 5.74) is 3.50. The normalized spacial score (nSPS) is 10.7. The predicted octanol–water partition coefficient (Wildman–Crippen LogP) is 5.73. The summed E-state index contributed by atoms with van der Waals surface area (Å²) in [7, 11) is 0. The van der Waals surface area contributed by atoms with E-state index in [2.05, 4.69) is 76.1 Å². The molecule has 2 rings (SSSR count). The van der Waals surface area contributed by atoms with Gasteiger partial charge in [-0.1, -0.05) is 44.8 Å². The van der Waals surface area contributed by atoms with Crippen molar-refractivity contribution in [2.24, 2.45) is 0 Å². The van der Waals surface area contributed by atoms with Crippen molar-refractivity contribution in [1.82, 2.24) is 5.32 Å². The summed E-state index contributed by atoms with van der Waals surface area (Å²) in [6, 6.07) is 10.2. The van der Waals surface area contributed by atoms with E-state index in [1.165, 1.54) is 11.1 Å². The Balaban J connectivity index is 2.32. The van der Waals surface area contributed by atoms with E-state index < -0.39 is 0 Å². The molecule has 0 amide bonds. The zero-order valence-electron chi connectivity index (χ0n) is 12.5. The molecule has 1 N–H and O–H groups in total. The maximum atomic E-state index is 6.11. The molecule has 0 bridgehead atoms. The first-order chi connectivity index (χ1) is 10.0. The Morgan fingerprint density at radius 2 is 1.71 bits per heavy atom. The Bertz CT molecular complexity index is 618. The van der Waals surface area contributed by atoms with Gasteiger partial charge in [0.05, 0.1) is 0 Å². The molecule has 21 heavy (non-hydrogen) atoms. The number of rotatable bonds is 5. The second-order valence-corrected chi connectivity index (χ2v) is 6.71. The van der Waals surface area contributed by atoms with Crippen molar-refractivity contribution < 1.29 is 4.74 Å². The Labute approximate surface area is 143 Å². The molecule has 0 aromatic heterocycles. The highest BCUT2D eigenvalue weighted by Gasteiger charge is 2.08. The number of aryl methyl sites for hydroxylation is 2. The number of halogens is 2. The Kier molecular flexibility index (Phi) is 5.85. The minimum absolute atomic E-state index is 0.799. The summed E-state index contributed by atoms with van der Waals surface area (Å²) in [5.74, 6) is 1.75. The van der Waals surface area contributed by atoms with E-state index in [4.69, 9.17) is 4.74 Å². The number of ether oxygens (including phenoxy) is 1. The molecule has 0 unspecified atom stereocenters. The van der Waals surface area contributed by atoms with Crippen LogP contribution in [0.2, 0.25) is 0 Å². The largest absolute Gasteiger partial charge is 0.457 e. The van der Waals surface area contributed by atoms with Crippen LogP contribution in [0.15, 0.2) is 39.3 Å². The average molecular weight is 413 g/mol. The molecule has 0 fully saturated rings. The molecular formula is C17H19Br2NO. The van der Waals surface area contributed by atoms with E-state index >= 15 is 0 Å². The minimum Gasteiger partial charge on any atom is -0.457 e. The highest BCUT2D eigenvalue weighted by Crippen LogP contribution is 2.32. The van der Waals surface area contributed by atoms with Gasteiger partial charge in [-0.3, -0.25) is 0 Å². The van der Waals surface area contributed by atoms with Crippen LogP contribution in [0.5, 0.6) is 11.5 Å². The average Bonchev–Trinajstić information content (AvgIpc) is 2.44. The summed E-state index contributed by atoms with van der Waals surface area (Å²) >= 11 is 7.10. The lowest BCUT2D eigenvalue weighted by molar-refractivity contribution is 0.472. The number of hydrogen-bond acceptors (Lipinski definition) is 2. The summed E-state index contributed by atoms with van der Waals surface area (Å²) in [6.45, 7) is 7.98. The Morgan fingerprint density at radius 3 is 2.33 bits per heavy atom. The molecule has 0 saturated heterocycles. The van der Waals surface area contributed by atoms with E-state index in [0.717, 1.165) is 39.1 Å². The predicted molar refractivity (Wildman–Crippen MR) is 95.2 cm³/mol. The van der Waals surface area contributed by atoms with E-state index in [-0.39, 0.29) is 0 Å². The fourth-order valence-corrected chi connectivity index (χ4v) is 2.69. The molecule has 2 nitrogen and oxygen atoms in total. The summed E-state index contributed by atoms with van der Waals surface area (Å²) in [6.07, 6.45) is 0. The molecule has 0 aliphatic carbocycles. The third-order valence-corrected chi connectivity index (χ3v) is 4.98. The summed E-state index contributed by atoms with van der Waals surface area (Å²) in [5, 5.41) is 3.34. The second-order valence-electron chi connectivity index (χ2n) is 5.01. The topological polar surface area (TPSA) is 21.3 Å². The van der Waals surface area contributed by atoms with Crippen LogP contribution in [0.3, 0.4) is 0 Å². The molecule has 0 atom stereocenters. The SMILES string of the molecule is CCNCc1ccc(Br)cc1Oc1cc(C)c(Br)c(C)c1. The van der Waals surface area contributed by atoms with Crippen molar-refractivity contribution in [3.05, 3.63) is 56.0 Å². The number of hydrogen-bond donors (Lipinski definition) is 1. The minimum atomic E-state index is 0.799. The van der Waals surface area contributed by atoms with Crippen LogP contribution in [0, 0.1) is 13.8 Å². The van der Waals surface area contributed by atoms with Gasteiger partial charge in [-0.15, -0.1) is 0 Å². The van der Waals surface area contributed by atoms with Crippen LogP contribution in [-0.4, -0.2) is 6.54 Å². The lowest BCUT2D eigenvalue weighted by Gasteiger charge is -2.14. The van der Waals surface area contributed by atoms with Crippen LogP contribution in [0.4, 0.5) is 0 Å².